The lowest BCUT2D eigenvalue weighted by atomic mass is 10.0. The normalized spacial score (nSPS) is 20.6. The maximum Gasteiger partial charge on any atom is 0.191 e. The first-order chi connectivity index (χ1) is 9.19. The number of piperidine rings is 1. The summed E-state index contributed by atoms with van der Waals surface area (Å²) < 4.78 is 1.73. The third-order valence-electron chi connectivity index (χ3n) is 3.29. The number of likely N-dealkylation sites (tertiary alicyclic amines) is 1. The standard InChI is InChI=1S/C13H22N6/c1-3-6-19-10-12(16-17-19)8-15-13(14)18-7-4-5-11(2)9-18/h3,10-11H,1,4-9H2,2H3,(H2,14,15). The Labute approximate surface area is 114 Å². The molecule has 1 unspecified atom stereocenters. The number of nitrogens with two attached hydrogens (primary N) is 1. The monoisotopic (exact) mass is 262 g/mol. The van der Waals surface area contributed by atoms with Crippen LogP contribution in [0.4, 0.5) is 0 Å². The second kappa shape index (κ2) is 6.36. The second-order valence-corrected chi connectivity index (χ2v) is 5.09. The largest absolute Gasteiger partial charge is 0.370 e. The smallest absolute Gasteiger partial charge is 0.191 e. The Morgan fingerprint density at radius 2 is 2.53 bits per heavy atom. The first-order valence-electron chi connectivity index (χ1n) is 6.74. The van der Waals surface area contributed by atoms with Crippen LogP contribution < -0.4 is 5.73 Å². The number of rotatable bonds is 4. The van der Waals surface area contributed by atoms with Gasteiger partial charge in [0.05, 0.1) is 19.3 Å². The summed E-state index contributed by atoms with van der Waals surface area (Å²) in [4.78, 5) is 6.56. The molecule has 1 saturated heterocycles. The van der Waals surface area contributed by atoms with Gasteiger partial charge in [-0.15, -0.1) is 11.7 Å². The molecule has 0 radical (unpaired) electrons. The highest BCUT2D eigenvalue weighted by Crippen LogP contribution is 2.15. The lowest BCUT2D eigenvalue weighted by Gasteiger charge is -2.31. The number of allylic oxidation sites excluding steroid dienone is 1. The molecule has 104 valence electrons. The van der Waals surface area contributed by atoms with Gasteiger partial charge in [0, 0.05) is 13.1 Å². The van der Waals surface area contributed by atoms with Gasteiger partial charge in [-0.1, -0.05) is 18.2 Å². The summed E-state index contributed by atoms with van der Waals surface area (Å²) >= 11 is 0. The lowest BCUT2D eigenvalue weighted by molar-refractivity contribution is 0.270. The number of hydrogen-bond acceptors (Lipinski definition) is 3. The molecule has 2 N–H and O–H groups in total. The first kappa shape index (κ1) is 13.6. The van der Waals surface area contributed by atoms with E-state index in [0.29, 0.717) is 25.0 Å². The average Bonchev–Trinajstić information content (AvgIpc) is 2.84. The SMILES string of the molecule is C=CCn1cc(CN=C(N)N2CCCC(C)C2)nn1. The van der Waals surface area contributed by atoms with Crippen molar-refractivity contribution in [1.82, 2.24) is 19.9 Å². The molecule has 1 atom stereocenters. The molecule has 1 aliphatic rings. The quantitative estimate of drug-likeness (QED) is 0.499. The molecule has 6 heteroatoms. The van der Waals surface area contributed by atoms with Gasteiger partial charge in [-0.2, -0.15) is 0 Å². The fourth-order valence-electron chi connectivity index (χ4n) is 2.29. The van der Waals surface area contributed by atoms with Crippen LogP contribution in [-0.2, 0) is 13.1 Å². The summed E-state index contributed by atoms with van der Waals surface area (Å²) in [7, 11) is 0. The van der Waals surface area contributed by atoms with Gasteiger partial charge in [0.2, 0.25) is 0 Å². The van der Waals surface area contributed by atoms with Crippen LogP contribution in [0.2, 0.25) is 0 Å². The molecule has 6 nitrogen and oxygen atoms in total. The van der Waals surface area contributed by atoms with E-state index < -0.39 is 0 Å². The van der Waals surface area contributed by atoms with Crippen LogP contribution in [0.25, 0.3) is 0 Å². The van der Waals surface area contributed by atoms with E-state index >= 15 is 0 Å². The average molecular weight is 262 g/mol. The van der Waals surface area contributed by atoms with E-state index in [4.69, 9.17) is 5.73 Å². The molecule has 2 heterocycles. The molecule has 1 aromatic rings. The lowest BCUT2D eigenvalue weighted by Crippen LogP contribution is -2.43. The number of nitrogens with zero attached hydrogens (tertiary/aromatic N) is 5. The van der Waals surface area contributed by atoms with Gasteiger partial charge in [0.15, 0.2) is 5.96 Å². The van der Waals surface area contributed by atoms with E-state index in [1.807, 2.05) is 6.20 Å². The van der Waals surface area contributed by atoms with E-state index in [2.05, 4.69) is 33.7 Å². The highest BCUT2D eigenvalue weighted by atomic mass is 15.4. The highest BCUT2D eigenvalue weighted by Gasteiger charge is 2.17. The molecular weight excluding hydrogens is 240 g/mol. The molecule has 2 rings (SSSR count). The molecule has 0 aromatic carbocycles. The van der Waals surface area contributed by atoms with Crippen molar-refractivity contribution in [1.29, 1.82) is 0 Å². The Bertz CT molecular complexity index is 450. The van der Waals surface area contributed by atoms with Crippen LogP contribution in [0, 0.1) is 5.92 Å². The van der Waals surface area contributed by atoms with Crippen LogP contribution in [0.3, 0.4) is 0 Å². The third-order valence-corrected chi connectivity index (χ3v) is 3.29. The Balaban J connectivity index is 1.91. The topological polar surface area (TPSA) is 72.3 Å². The van der Waals surface area contributed by atoms with Gasteiger partial charge in [-0.3, -0.25) is 0 Å². The third kappa shape index (κ3) is 3.81. The highest BCUT2D eigenvalue weighted by molar-refractivity contribution is 5.78. The molecule has 0 saturated carbocycles. The van der Waals surface area contributed by atoms with Crippen molar-refractivity contribution in [3.05, 3.63) is 24.5 Å². The molecule has 1 aromatic heterocycles. The Morgan fingerprint density at radius 1 is 1.68 bits per heavy atom. The predicted octanol–water partition coefficient (Wildman–Crippen LogP) is 1.01. The minimum Gasteiger partial charge on any atom is -0.370 e. The Hall–Kier alpha value is -1.85. The zero-order valence-electron chi connectivity index (χ0n) is 11.5. The molecule has 19 heavy (non-hydrogen) atoms. The molecule has 0 aliphatic carbocycles. The van der Waals surface area contributed by atoms with E-state index in [1.54, 1.807) is 10.8 Å². The fourth-order valence-corrected chi connectivity index (χ4v) is 2.29. The molecular formula is C13H22N6. The van der Waals surface area contributed by atoms with E-state index in [0.717, 1.165) is 18.8 Å². The molecule has 1 fully saturated rings. The molecule has 0 bridgehead atoms. The first-order valence-corrected chi connectivity index (χ1v) is 6.74. The summed E-state index contributed by atoms with van der Waals surface area (Å²) in [6.07, 6.45) is 6.12. The summed E-state index contributed by atoms with van der Waals surface area (Å²) in [5.74, 6) is 1.31. The molecule has 0 spiro atoms. The fraction of sp³-hybridized carbons (Fsp3) is 0.615. The minimum absolute atomic E-state index is 0.480. The predicted molar refractivity (Wildman–Crippen MR) is 75.5 cm³/mol. The van der Waals surface area contributed by atoms with E-state index in [9.17, 15) is 0 Å². The van der Waals surface area contributed by atoms with Gasteiger partial charge in [-0.25, -0.2) is 9.67 Å². The van der Waals surface area contributed by atoms with Crippen molar-refractivity contribution >= 4 is 5.96 Å². The minimum atomic E-state index is 0.480. The van der Waals surface area contributed by atoms with Crippen molar-refractivity contribution in [2.75, 3.05) is 13.1 Å². The van der Waals surface area contributed by atoms with E-state index in [-0.39, 0.29) is 0 Å². The molecule has 1 aliphatic heterocycles. The summed E-state index contributed by atoms with van der Waals surface area (Å²) in [5.41, 5.74) is 6.86. The van der Waals surface area contributed by atoms with Crippen molar-refractivity contribution in [2.24, 2.45) is 16.6 Å². The Morgan fingerprint density at radius 3 is 3.26 bits per heavy atom. The van der Waals surface area contributed by atoms with E-state index in [1.165, 1.54) is 12.8 Å². The zero-order chi connectivity index (χ0) is 13.7. The van der Waals surface area contributed by atoms with Crippen LogP contribution in [-0.4, -0.2) is 38.9 Å². The maximum absolute atomic E-state index is 6.03. The van der Waals surface area contributed by atoms with Gasteiger partial charge >= 0.3 is 0 Å². The van der Waals surface area contributed by atoms with Crippen LogP contribution in [0.15, 0.2) is 23.8 Å². The van der Waals surface area contributed by atoms with Gasteiger partial charge < -0.3 is 10.6 Å². The number of aliphatic imine (C=N–C) groups is 1. The number of guanidine groups is 1. The zero-order valence-corrected chi connectivity index (χ0v) is 11.5. The number of hydrogen-bond donors (Lipinski definition) is 1. The van der Waals surface area contributed by atoms with Crippen LogP contribution >= 0.6 is 0 Å². The maximum atomic E-state index is 6.03. The van der Waals surface area contributed by atoms with Crippen molar-refractivity contribution in [3.63, 3.8) is 0 Å². The number of aromatic nitrogens is 3. The van der Waals surface area contributed by atoms with Crippen LogP contribution in [0.5, 0.6) is 0 Å². The van der Waals surface area contributed by atoms with Gasteiger partial charge in [-0.05, 0) is 18.8 Å². The molecule has 0 amide bonds. The summed E-state index contributed by atoms with van der Waals surface area (Å²) in [6, 6.07) is 0. The summed E-state index contributed by atoms with van der Waals surface area (Å²) in [6.45, 7) is 9.06. The van der Waals surface area contributed by atoms with Crippen molar-refractivity contribution < 1.29 is 0 Å². The van der Waals surface area contributed by atoms with Crippen molar-refractivity contribution in [3.8, 4) is 0 Å². The van der Waals surface area contributed by atoms with Crippen molar-refractivity contribution in [2.45, 2.75) is 32.9 Å². The Kier molecular flexibility index (Phi) is 4.54. The second-order valence-electron chi connectivity index (χ2n) is 5.09. The van der Waals surface area contributed by atoms with Gasteiger partial charge in [0.25, 0.3) is 0 Å². The van der Waals surface area contributed by atoms with Crippen LogP contribution in [0.1, 0.15) is 25.5 Å². The van der Waals surface area contributed by atoms with Gasteiger partial charge in [0.1, 0.15) is 5.69 Å². The summed E-state index contributed by atoms with van der Waals surface area (Å²) in [5, 5.41) is 8.03.